The van der Waals surface area contributed by atoms with Crippen LogP contribution in [-0.4, -0.2) is 203 Å². The molecule has 20 nitrogen and oxygen atoms in total. The van der Waals surface area contributed by atoms with Gasteiger partial charge in [0.25, 0.3) is 0 Å². The second kappa shape index (κ2) is 28.5. The Labute approximate surface area is 568 Å². The van der Waals surface area contributed by atoms with Crippen LogP contribution in [0.3, 0.4) is 0 Å². The van der Waals surface area contributed by atoms with Gasteiger partial charge < -0.3 is 0 Å². The van der Waals surface area contributed by atoms with Gasteiger partial charge in [-0.15, -0.1) is 0 Å². The van der Waals surface area contributed by atoms with E-state index in [1.54, 1.807) is 54.8 Å². The third-order valence-electron chi connectivity index (χ3n) is 13.9. The van der Waals surface area contributed by atoms with E-state index in [0.29, 0.717) is 0 Å². The van der Waals surface area contributed by atoms with Crippen LogP contribution in [0.2, 0.25) is 0 Å². The molecule has 4 aromatic carbocycles. The third kappa shape index (κ3) is 13.4. The summed E-state index contributed by atoms with van der Waals surface area (Å²) < 4.78 is 14.7. The van der Waals surface area contributed by atoms with Crippen LogP contribution < -0.4 is 0 Å². The number of fused-ring (bicyclic) bond motifs is 8. The maximum absolute atomic E-state index is 4.56. The topological polar surface area (TPSA) is 202 Å². The first-order valence-electron chi connectivity index (χ1n) is 27.2. The maximum atomic E-state index is 4.56. The van der Waals surface area contributed by atoms with E-state index in [0.717, 1.165) is 175 Å². The SMILES string of the molecule is [GaH][n]1c(-c2ccccn2)nc2ncncc21.[GaH][n]1c(-c2nccs2)cc2ccccc21.[GaH][n]1c(-n2cccn2)cc2ccccc21.[GaH][n]1c2ccccc2c2ccc3cccnc3c21.[GaH][n]1cnnc1-c1ccccn1.[GaH][n]1nncc1-c1ccccn1. The Morgan fingerprint density at radius 2 is 1.10 bits per heavy atom. The van der Waals surface area contributed by atoms with E-state index < -0.39 is 0 Å². The van der Waals surface area contributed by atoms with Gasteiger partial charge in [-0.25, -0.2) is 0 Å². The first-order chi connectivity index (χ1) is 43.2. The number of rotatable bonds is 5. The molecule has 0 amide bonds. The van der Waals surface area contributed by atoms with Gasteiger partial charge in [-0.3, -0.25) is 0 Å². The first-order valence-corrected chi connectivity index (χ1v) is 36.0. The van der Waals surface area contributed by atoms with Crippen LogP contribution in [0.1, 0.15) is 0 Å². The fourth-order valence-corrected chi connectivity index (χ4v) is 16.3. The van der Waals surface area contributed by atoms with Crippen LogP contribution in [0, 0.1) is 0 Å². The van der Waals surface area contributed by atoms with E-state index in [-0.39, 0.29) is 0 Å². The summed E-state index contributed by atoms with van der Waals surface area (Å²) in [6, 6.07) is 57.6. The molecule has 27 heteroatoms. The minimum atomic E-state index is 0.724. The molecule has 0 saturated heterocycles. The first kappa shape index (κ1) is 60.4. The van der Waals surface area contributed by atoms with E-state index in [4.69, 9.17) is 0 Å². The van der Waals surface area contributed by atoms with E-state index >= 15 is 0 Å². The van der Waals surface area contributed by atoms with Gasteiger partial charge in [-0.2, -0.15) is 0 Å². The molecule has 0 bridgehead atoms. The number of hydrogen-bond acceptors (Lipinski definition) is 14. The molecule has 0 atom stereocenters. The molecule has 0 aliphatic rings. The zero-order valence-corrected chi connectivity index (χ0v) is 65.8. The predicted octanol–water partition coefficient (Wildman–Crippen LogP) is 7.49. The van der Waals surface area contributed by atoms with Gasteiger partial charge in [0.2, 0.25) is 0 Å². The van der Waals surface area contributed by atoms with Crippen molar-refractivity contribution in [2.75, 3.05) is 0 Å². The summed E-state index contributed by atoms with van der Waals surface area (Å²) in [6.45, 7) is 0. The van der Waals surface area contributed by atoms with Crippen LogP contribution in [-0.2, 0) is 0 Å². The number of nitrogens with zero attached hydrogens (tertiary/aromatic N) is 20. The fraction of sp³-hybridized carbons (Fsp3) is 0. The van der Waals surface area contributed by atoms with Crippen LogP contribution in [0.5, 0.6) is 0 Å². The molecule has 0 unspecified atom stereocenters. The minimum absolute atomic E-state index is 0.724. The Balaban J connectivity index is 0.000000103. The van der Waals surface area contributed by atoms with Crippen molar-refractivity contribution in [3.05, 3.63) is 244 Å². The summed E-state index contributed by atoms with van der Waals surface area (Å²) in [5.41, 5.74) is 12.9. The Hall–Kier alpha value is -7.89. The van der Waals surface area contributed by atoms with Gasteiger partial charge in [0, 0.05) is 0 Å². The molecule has 17 rings (SSSR count). The predicted molar refractivity (Wildman–Crippen MR) is 357 cm³/mol. The number of benzene rings is 4. The van der Waals surface area contributed by atoms with E-state index in [2.05, 4.69) is 182 Å². The zero-order chi connectivity index (χ0) is 60.3. The summed E-state index contributed by atoms with van der Waals surface area (Å²) in [7, 11) is 0. The van der Waals surface area contributed by atoms with Crippen molar-refractivity contribution in [2.24, 2.45) is 0 Å². The van der Waals surface area contributed by atoms with Crippen LogP contribution in [0.25, 0.3) is 117 Å². The van der Waals surface area contributed by atoms with Crippen LogP contribution in [0.4, 0.5) is 0 Å². The Bertz CT molecular complexity index is 4900. The molecule has 414 valence electrons. The molecule has 13 aromatic heterocycles. The van der Waals surface area contributed by atoms with E-state index in [9.17, 15) is 0 Å². The summed E-state index contributed by atoms with van der Waals surface area (Å²) >= 11 is 7.81. The number of aromatic nitrogens is 20. The molecular weight excluding hydrogens is 1460 g/mol. The quantitative estimate of drug-likeness (QED) is 0.154. The molecule has 0 spiro atoms. The number of pyridine rings is 4. The van der Waals surface area contributed by atoms with Gasteiger partial charge in [0.1, 0.15) is 0 Å². The normalized spacial score (nSPS) is 10.8. The van der Waals surface area contributed by atoms with Gasteiger partial charge >= 0.3 is 575 Å². The Morgan fingerprint density at radius 1 is 0.443 bits per heavy atom. The summed E-state index contributed by atoms with van der Waals surface area (Å²) in [5, 5.41) is 29.3. The Morgan fingerprint density at radius 3 is 1.73 bits per heavy atom. The average Bonchev–Trinajstić information content (AvgIpc) is 2.94. The van der Waals surface area contributed by atoms with Gasteiger partial charge in [0.15, 0.2) is 0 Å². The van der Waals surface area contributed by atoms with Crippen LogP contribution >= 0.6 is 11.3 Å². The van der Waals surface area contributed by atoms with E-state index in [1.165, 1.54) is 61.0 Å². The molecule has 0 aliphatic heterocycles. The number of thiazole rings is 1. The summed E-state index contributed by atoms with van der Waals surface area (Å²) in [5.74, 6) is 2.84. The Kier molecular flexibility index (Phi) is 19.6. The van der Waals surface area contributed by atoms with Gasteiger partial charge in [0.05, 0.1) is 0 Å². The summed E-state index contributed by atoms with van der Waals surface area (Å²) in [6.07, 6.45) is 19.5. The van der Waals surface area contributed by atoms with Crippen molar-refractivity contribution in [3.63, 3.8) is 0 Å². The van der Waals surface area contributed by atoms with E-state index in [1.807, 2.05) is 102 Å². The molecule has 17 aromatic rings. The fourth-order valence-electron chi connectivity index (χ4n) is 9.68. The molecular formula is C61H46Ga6N20S. The third-order valence-corrected chi connectivity index (χ3v) is 22.2. The van der Waals surface area contributed by atoms with Crippen molar-refractivity contribution >= 4 is 190 Å². The molecule has 0 fully saturated rings. The second-order valence-corrected chi connectivity index (χ2v) is 28.1. The van der Waals surface area contributed by atoms with Crippen molar-refractivity contribution in [1.82, 2.24) is 89.9 Å². The molecule has 6 radical (unpaired) electrons. The molecule has 13 heterocycles. The van der Waals surface area contributed by atoms with Crippen molar-refractivity contribution in [3.8, 4) is 50.9 Å². The standard InChI is InChI=1S/C15H9N2.C11H8N3.C11H7N2S.C10H6N5.2C7H5N4.6Ga.6H/c1-2-6-13-11(5-1)12-8-7-10-4-3-9-16-14(10)15(12)17-13;1-2-5-10-9(4-1)8-11(13-10)14-7-3-6-12-14;1-2-4-9-8(3-1)7-10(13-9)11-12-5-6-14-11;1-2-4-12-7(3-1)10-14-8-5-11-6-13-9(8)15-10;1-2-4-8-6(3-1)7-9-5-10-11-7;1-2-4-8-6(3-1)7-5-9-11-10-7;;;;;;;;;;;;/h1-9H;1-8H;1-7H;1-6H;2*1-5H;;;;;;;;;;;;/q6*-1;6*+1;;;;;;. The molecule has 0 aliphatic carbocycles. The molecule has 0 saturated carbocycles. The van der Waals surface area contributed by atoms with Crippen molar-refractivity contribution in [2.45, 2.75) is 0 Å². The number of hydrogen-bond donors (Lipinski definition) is 0. The monoisotopic (exact) mass is 1500 g/mol. The van der Waals surface area contributed by atoms with Crippen molar-refractivity contribution in [1.29, 1.82) is 0 Å². The van der Waals surface area contributed by atoms with Crippen molar-refractivity contribution < 1.29 is 0 Å². The number of para-hydroxylation sites is 3. The summed E-state index contributed by atoms with van der Waals surface area (Å²) in [4.78, 5) is 34.2. The molecule has 88 heavy (non-hydrogen) atoms. The second-order valence-electron chi connectivity index (χ2n) is 19.3. The van der Waals surface area contributed by atoms with Gasteiger partial charge in [-0.1, -0.05) is 0 Å². The average molecular weight is 1510 g/mol. The van der Waals surface area contributed by atoms with Crippen LogP contribution in [0.15, 0.2) is 244 Å². The molecule has 0 N–H and O–H groups in total. The zero-order valence-electron chi connectivity index (χ0n) is 47.2. The number of imidazole rings is 1. The van der Waals surface area contributed by atoms with Gasteiger partial charge in [-0.05, 0) is 0 Å².